The van der Waals surface area contributed by atoms with E-state index < -0.39 is 0 Å². The Morgan fingerprint density at radius 3 is 2.53 bits per heavy atom. The minimum atomic E-state index is -0.0932. The lowest BCUT2D eigenvalue weighted by Crippen LogP contribution is -2.33. The number of hydrogen-bond acceptors (Lipinski definition) is 3. The first kappa shape index (κ1) is 15.8. The Labute approximate surface area is 120 Å². The van der Waals surface area contributed by atoms with E-state index in [9.17, 15) is 4.79 Å². The van der Waals surface area contributed by atoms with Crippen molar-refractivity contribution < 1.29 is 4.79 Å². The van der Waals surface area contributed by atoms with Crippen molar-refractivity contribution in [3.8, 4) is 0 Å². The Kier molecular flexibility index (Phi) is 6.12. The minimum Gasteiger partial charge on any atom is -0.398 e. The standard InChI is InChI=1S/C14H22ClN3O/c1-4-18(10-6-9-17(2)3)14(19)13-11(15)7-5-8-12(13)16/h5,7-8H,4,6,9-10,16H2,1-3H3. The predicted molar refractivity (Wildman–Crippen MR) is 80.6 cm³/mol. The van der Waals surface area contributed by atoms with Crippen LogP contribution in [0.1, 0.15) is 23.7 Å². The van der Waals surface area contributed by atoms with Crippen molar-refractivity contribution in [1.29, 1.82) is 0 Å². The number of carbonyl (C=O) groups excluding carboxylic acids is 1. The molecule has 106 valence electrons. The molecule has 4 nitrogen and oxygen atoms in total. The zero-order valence-corrected chi connectivity index (χ0v) is 12.6. The lowest BCUT2D eigenvalue weighted by atomic mass is 10.1. The van der Waals surface area contributed by atoms with E-state index in [0.29, 0.717) is 29.4 Å². The fourth-order valence-corrected chi connectivity index (χ4v) is 2.17. The number of carbonyl (C=O) groups is 1. The lowest BCUT2D eigenvalue weighted by Gasteiger charge is -2.23. The third-order valence-electron chi connectivity index (χ3n) is 2.96. The van der Waals surface area contributed by atoms with Crippen molar-refractivity contribution in [2.45, 2.75) is 13.3 Å². The third kappa shape index (κ3) is 4.40. The summed E-state index contributed by atoms with van der Waals surface area (Å²) >= 11 is 6.07. The Morgan fingerprint density at radius 1 is 1.32 bits per heavy atom. The quantitative estimate of drug-likeness (QED) is 0.815. The average molecular weight is 284 g/mol. The van der Waals surface area contributed by atoms with Gasteiger partial charge in [0.25, 0.3) is 5.91 Å². The fraction of sp³-hybridized carbons (Fsp3) is 0.500. The van der Waals surface area contributed by atoms with Gasteiger partial charge in [0.2, 0.25) is 0 Å². The van der Waals surface area contributed by atoms with E-state index in [2.05, 4.69) is 4.90 Å². The second-order valence-electron chi connectivity index (χ2n) is 4.75. The van der Waals surface area contributed by atoms with Gasteiger partial charge in [0.05, 0.1) is 10.6 Å². The molecule has 1 amide bonds. The van der Waals surface area contributed by atoms with Crippen LogP contribution in [0.4, 0.5) is 5.69 Å². The molecule has 2 N–H and O–H groups in total. The largest absolute Gasteiger partial charge is 0.398 e. The van der Waals surface area contributed by atoms with Crippen molar-refractivity contribution >= 4 is 23.2 Å². The van der Waals surface area contributed by atoms with Crippen LogP contribution in [0.15, 0.2) is 18.2 Å². The second kappa shape index (κ2) is 7.36. The molecule has 0 saturated carbocycles. The van der Waals surface area contributed by atoms with Gasteiger partial charge < -0.3 is 15.5 Å². The number of nitrogen functional groups attached to an aromatic ring is 1. The average Bonchev–Trinajstić information content (AvgIpc) is 2.34. The Hall–Kier alpha value is -1.26. The molecule has 0 heterocycles. The van der Waals surface area contributed by atoms with Crippen LogP contribution in [0.3, 0.4) is 0 Å². The molecule has 0 aliphatic heterocycles. The smallest absolute Gasteiger partial charge is 0.257 e. The zero-order valence-electron chi connectivity index (χ0n) is 11.8. The van der Waals surface area contributed by atoms with Crippen LogP contribution >= 0.6 is 11.6 Å². The molecule has 0 aromatic heterocycles. The number of benzene rings is 1. The molecule has 5 heteroatoms. The molecule has 1 aromatic carbocycles. The number of halogens is 1. The number of anilines is 1. The Bertz CT molecular complexity index is 414. The van der Waals surface area contributed by atoms with Gasteiger partial charge in [-0.1, -0.05) is 17.7 Å². The van der Waals surface area contributed by atoms with Crippen LogP contribution in [0.25, 0.3) is 0 Å². The molecule has 0 aliphatic carbocycles. The number of rotatable bonds is 6. The van der Waals surface area contributed by atoms with E-state index in [-0.39, 0.29) is 5.91 Å². The van der Waals surface area contributed by atoms with Crippen molar-refractivity contribution in [2.75, 3.05) is 39.5 Å². The lowest BCUT2D eigenvalue weighted by molar-refractivity contribution is 0.0760. The van der Waals surface area contributed by atoms with E-state index in [1.807, 2.05) is 21.0 Å². The molecule has 1 rings (SSSR count). The third-order valence-corrected chi connectivity index (χ3v) is 3.28. The van der Waals surface area contributed by atoms with Gasteiger partial charge in [-0.25, -0.2) is 0 Å². The summed E-state index contributed by atoms with van der Waals surface area (Å²) in [6, 6.07) is 5.14. The summed E-state index contributed by atoms with van der Waals surface area (Å²) in [5.74, 6) is -0.0932. The van der Waals surface area contributed by atoms with Gasteiger partial charge in [-0.3, -0.25) is 4.79 Å². The highest BCUT2D eigenvalue weighted by atomic mass is 35.5. The normalized spacial score (nSPS) is 10.8. The van der Waals surface area contributed by atoms with Crippen LogP contribution in [0.5, 0.6) is 0 Å². The molecule has 0 atom stereocenters. The highest BCUT2D eigenvalue weighted by Crippen LogP contribution is 2.23. The van der Waals surface area contributed by atoms with Gasteiger partial charge in [-0.05, 0) is 46.1 Å². The van der Waals surface area contributed by atoms with E-state index >= 15 is 0 Å². The zero-order chi connectivity index (χ0) is 14.4. The SMILES string of the molecule is CCN(CCCN(C)C)C(=O)c1c(N)cccc1Cl. The van der Waals surface area contributed by atoms with E-state index in [1.54, 1.807) is 23.1 Å². The summed E-state index contributed by atoms with van der Waals surface area (Å²) in [5, 5.41) is 0.413. The highest BCUT2D eigenvalue weighted by Gasteiger charge is 2.19. The van der Waals surface area contributed by atoms with E-state index in [0.717, 1.165) is 13.0 Å². The van der Waals surface area contributed by atoms with E-state index in [4.69, 9.17) is 17.3 Å². The summed E-state index contributed by atoms with van der Waals surface area (Å²) in [6.45, 7) is 4.26. The Balaban J connectivity index is 2.78. The molecular weight excluding hydrogens is 262 g/mol. The van der Waals surface area contributed by atoms with Gasteiger partial charge >= 0.3 is 0 Å². The van der Waals surface area contributed by atoms with Gasteiger partial charge in [-0.15, -0.1) is 0 Å². The molecule has 0 radical (unpaired) electrons. The highest BCUT2D eigenvalue weighted by molar-refractivity contribution is 6.34. The summed E-state index contributed by atoms with van der Waals surface area (Å²) in [7, 11) is 4.04. The van der Waals surface area contributed by atoms with Crippen molar-refractivity contribution in [3.63, 3.8) is 0 Å². The first-order chi connectivity index (χ1) is 8.97. The monoisotopic (exact) mass is 283 g/mol. The van der Waals surface area contributed by atoms with Crippen LogP contribution in [0.2, 0.25) is 5.02 Å². The van der Waals surface area contributed by atoms with Crippen LogP contribution in [-0.4, -0.2) is 49.4 Å². The minimum absolute atomic E-state index is 0.0932. The number of hydrogen-bond donors (Lipinski definition) is 1. The number of amides is 1. The second-order valence-corrected chi connectivity index (χ2v) is 5.15. The first-order valence-corrected chi connectivity index (χ1v) is 6.83. The van der Waals surface area contributed by atoms with Gasteiger partial charge in [-0.2, -0.15) is 0 Å². The molecule has 0 bridgehead atoms. The fourth-order valence-electron chi connectivity index (χ4n) is 1.91. The molecule has 0 spiro atoms. The number of nitrogens with zero attached hydrogens (tertiary/aromatic N) is 2. The molecular formula is C14H22ClN3O. The van der Waals surface area contributed by atoms with E-state index in [1.165, 1.54) is 0 Å². The Morgan fingerprint density at radius 2 is 2.00 bits per heavy atom. The predicted octanol–water partition coefficient (Wildman–Crippen LogP) is 2.34. The maximum absolute atomic E-state index is 12.4. The molecule has 0 fully saturated rings. The topological polar surface area (TPSA) is 49.6 Å². The van der Waals surface area contributed by atoms with Gasteiger partial charge in [0.15, 0.2) is 0 Å². The van der Waals surface area contributed by atoms with Crippen molar-refractivity contribution in [1.82, 2.24) is 9.80 Å². The molecule has 0 aliphatic rings. The first-order valence-electron chi connectivity index (χ1n) is 6.45. The van der Waals surface area contributed by atoms with Crippen molar-refractivity contribution in [3.05, 3.63) is 28.8 Å². The summed E-state index contributed by atoms with van der Waals surface area (Å²) < 4.78 is 0. The summed E-state index contributed by atoms with van der Waals surface area (Å²) in [4.78, 5) is 16.3. The summed E-state index contributed by atoms with van der Waals surface area (Å²) in [6.07, 6.45) is 0.928. The van der Waals surface area contributed by atoms with Crippen LogP contribution in [0, 0.1) is 0 Å². The maximum atomic E-state index is 12.4. The van der Waals surface area contributed by atoms with Gasteiger partial charge in [0, 0.05) is 18.8 Å². The maximum Gasteiger partial charge on any atom is 0.257 e. The number of nitrogens with two attached hydrogens (primary N) is 1. The molecule has 19 heavy (non-hydrogen) atoms. The molecule has 0 unspecified atom stereocenters. The van der Waals surface area contributed by atoms with Crippen molar-refractivity contribution in [2.24, 2.45) is 0 Å². The molecule has 1 aromatic rings. The summed E-state index contributed by atoms with van der Waals surface area (Å²) in [5.41, 5.74) is 6.70. The molecule has 0 saturated heterocycles. The van der Waals surface area contributed by atoms with Crippen LogP contribution < -0.4 is 5.73 Å². The van der Waals surface area contributed by atoms with Crippen LogP contribution in [-0.2, 0) is 0 Å². The van der Waals surface area contributed by atoms with Gasteiger partial charge in [0.1, 0.15) is 0 Å².